The minimum Gasteiger partial charge on any atom is -0.383 e. The van der Waals surface area contributed by atoms with Gasteiger partial charge in [0.05, 0.1) is 12.1 Å². The number of hydrogen-bond donors (Lipinski definition) is 2. The van der Waals surface area contributed by atoms with Crippen LogP contribution in [0.15, 0.2) is 53.8 Å². The van der Waals surface area contributed by atoms with Crippen molar-refractivity contribution in [1.82, 2.24) is 24.2 Å². The number of sulfonamides is 1. The summed E-state index contributed by atoms with van der Waals surface area (Å²) in [5, 5.41) is 2.04. The van der Waals surface area contributed by atoms with Gasteiger partial charge in [0.15, 0.2) is 0 Å². The number of rotatable bonds is 5. The molecule has 3 N–H and O–H groups in total. The van der Waals surface area contributed by atoms with Crippen LogP contribution in [0, 0.1) is 5.92 Å². The molecule has 0 saturated carbocycles. The van der Waals surface area contributed by atoms with Gasteiger partial charge in [0, 0.05) is 40.4 Å². The van der Waals surface area contributed by atoms with Crippen LogP contribution in [0.2, 0.25) is 5.02 Å². The molecular weight excluding hydrogens is 488 g/mol. The van der Waals surface area contributed by atoms with Crippen LogP contribution in [0.4, 0.5) is 5.82 Å². The summed E-state index contributed by atoms with van der Waals surface area (Å²) in [6, 6.07) is 12.0. The van der Waals surface area contributed by atoms with Gasteiger partial charge < -0.3 is 15.6 Å². The van der Waals surface area contributed by atoms with E-state index < -0.39 is 10.0 Å². The Balaban J connectivity index is 1.42. The number of H-pyrrole nitrogens is 1. The molecule has 35 heavy (non-hydrogen) atoms. The Morgan fingerprint density at radius 2 is 1.97 bits per heavy atom. The van der Waals surface area contributed by atoms with Crippen molar-refractivity contribution in [1.29, 1.82) is 0 Å². The fourth-order valence-corrected chi connectivity index (χ4v) is 6.12. The normalized spacial score (nSPS) is 17.7. The van der Waals surface area contributed by atoms with Gasteiger partial charge in [-0.2, -0.15) is 4.31 Å². The van der Waals surface area contributed by atoms with Crippen LogP contribution < -0.4 is 5.73 Å². The molecule has 11 heteroatoms. The number of hydrogen-bond acceptors (Lipinski definition) is 6. The molecule has 0 aliphatic carbocycles. The van der Waals surface area contributed by atoms with Crippen molar-refractivity contribution in [2.24, 2.45) is 5.92 Å². The van der Waals surface area contributed by atoms with Crippen LogP contribution in [-0.2, 0) is 21.4 Å². The number of nitrogens with one attached hydrogen (secondary N) is 1. The van der Waals surface area contributed by atoms with Gasteiger partial charge in [-0.15, -0.1) is 0 Å². The van der Waals surface area contributed by atoms with E-state index in [9.17, 15) is 13.2 Å². The first kappa shape index (κ1) is 23.5. The molecule has 0 bridgehead atoms. The highest BCUT2D eigenvalue weighted by atomic mass is 35.5. The lowest BCUT2D eigenvalue weighted by Gasteiger charge is -2.42. The Kier molecular flexibility index (Phi) is 5.90. The largest absolute Gasteiger partial charge is 0.383 e. The quantitative estimate of drug-likeness (QED) is 0.422. The second kappa shape index (κ2) is 8.78. The van der Waals surface area contributed by atoms with Crippen LogP contribution in [0.3, 0.4) is 0 Å². The fourth-order valence-electron chi connectivity index (χ4n) is 4.53. The minimum atomic E-state index is -3.91. The monoisotopic (exact) mass is 512 g/mol. The predicted molar refractivity (Wildman–Crippen MR) is 135 cm³/mol. The number of carbonyl (C=O) groups is 1. The third kappa shape index (κ3) is 4.33. The van der Waals surface area contributed by atoms with E-state index in [4.69, 9.17) is 17.3 Å². The van der Waals surface area contributed by atoms with E-state index in [0.717, 1.165) is 16.3 Å². The van der Waals surface area contributed by atoms with E-state index in [-0.39, 0.29) is 36.0 Å². The lowest BCUT2D eigenvalue weighted by molar-refractivity contribution is -0.139. The fraction of sp³-hybridized carbons (Fsp3) is 0.292. The van der Waals surface area contributed by atoms with Crippen molar-refractivity contribution in [2.45, 2.75) is 31.5 Å². The van der Waals surface area contributed by atoms with Crippen LogP contribution in [-0.4, -0.2) is 57.6 Å². The molecule has 1 fully saturated rings. The Morgan fingerprint density at radius 3 is 2.74 bits per heavy atom. The van der Waals surface area contributed by atoms with Gasteiger partial charge in [-0.05, 0) is 41.8 Å². The molecule has 0 radical (unpaired) electrons. The number of nitrogens with zero attached hydrogens (tertiary/aromatic N) is 4. The van der Waals surface area contributed by atoms with Gasteiger partial charge in [0.1, 0.15) is 17.2 Å². The molecule has 0 unspecified atom stereocenters. The molecule has 5 rings (SSSR count). The van der Waals surface area contributed by atoms with Crippen molar-refractivity contribution in [3.63, 3.8) is 0 Å². The van der Waals surface area contributed by atoms with E-state index in [1.807, 2.05) is 32.0 Å². The molecule has 182 valence electrons. The van der Waals surface area contributed by atoms with Gasteiger partial charge in [-0.3, -0.25) is 4.79 Å². The van der Waals surface area contributed by atoms with E-state index in [2.05, 4.69) is 15.0 Å². The molecule has 9 nitrogen and oxygen atoms in total. The van der Waals surface area contributed by atoms with Gasteiger partial charge >= 0.3 is 0 Å². The minimum absolute atomic E-state index is 0.0388. The number of aromatic amines is 1. The van der Waals surface area contributed by atoms with Gasteiger partial charge in [-0.25, -0.2) is 18.4 Å². The molecule has 1 amide bonds. The van der Waals surface area contributed by atoms with Crippen molar-refractivity contribution < 1.29 is 13.2 Å². The van der Waals surface area contributed by atoms with Crippen molar-refractivity contribution >= 4 is 55.2 Å². The number of amides is 1. The highest BCUT2D eigenvalue weighted by Crippen LogP contribution is 2.29. The maximum absolute atomic E-state index is 13.5. The van der Waals surface area contributed by atoms with Crippen molar-refractivity contribution in [3.05, 3.63) is 59.4 Å². The summed E-state index contributed by atoms with van der Waals surface area (Å²) in [7, 11) is -3.91. The number of nitrogens with two attached hydrogens (primary N) is 1. The van der Waals surface area contributed by atoms with Crippen LogP contribution >= 0.6 is 11.6 Å². The zero-order valence-electron chi connectivity index (χ0n) is 19.3. The van der Waals surface area contributed by atoms with Gasteiger partial charge in [0.25, 0.3) is 10.0 Å². The summed E-state index contributed by atoms with van der Waals surface area (Å²) in [5.74, 6) is 0.188. The summed E-state index contributed by atoms with van der Waals surface area (Å²) in [5.41, 5.74) is 8.14. The first-order valence-corrected chi connectivity index (χ1v) is 13.0. The number of fused-ring (bicyclic) bond motifs is 2. The second-order valence-corrected chi connectivity index (χ2v) is 11.4. The topological polar surface area (TPSA) is 125 Å². The number of aromatic nitrogens is 3. The highest BCUT2D eigenvalue weighted by molar-refractivity contribution is 7.89. The summed E-state index contributed by atoms with van der Waals surface area (Å²) >= 11 is 6.04. The van der Waals surface area contributed by atoms with Crippen LogP contribution in [0.25, 0.3) is 21.8 Å². The van der Waals surface area contributed by atoms with E-state index in [1.54, 1.807) is 29.2 Å². The van der Waals surface area contributed by atoms with Crippen LogP contribution in [0.5, 0.6) is 0 Å². The highest BCUT2D eigenvalue weighted by Gasteiger charge is 2.40. The standard InChI is InChI=1S/C24H25ClN6O3S/c1-14(2)21-11-30(35(33,34)22-8-16-4-5-17(25)9-19(16)29-22)12-23(32)31(21)10-15-3-6-18-20(7-15)27-13-28-24(18)26/h3-9,13-14,21,29H,10-12H2,1-2H3,(H2,26,27,28)/t21-/m0/s1. The summed E-state index contributed by atoms with van der Waals surface area (Å²) < 4.78 is 28.2. The SMILES string of the molecule is CC(C)[C@@H]1CN(S(=O)(=O)c2cc3ccc(Cl)cc3[nH]2)CC(=O)N1Cc1ccc2c(N)ncnc2c1. The lowest BCUT2D eigenvalue weighted by atomic mass is 9.99. The number of nitrogen functional groups attached to an aromatic ring is 1. The first-order chi connectivity index (χ1) is 16.6. The van der Waals surface area contributed by atoms with E-state index >= 15 is 0 Å². The molecule has 1 aliphatic heterocycles. The Labute approximate surface area is 207 Å². The number of benzene rings is 2. The molecule has 4 aromatic rings. The molecule has 1 saturated heterocycles. The van der Waals surface area contributed by atoms with Crippen LogP contribution in [0.1, 0.15) is 19.4 Å². The molecule has 1 atom stereocenters. The van der Waals surface area contributed by atoms with Crippen molar-refractivity contribution in [2.75, 3.05) is 18.8 Å². The molecule has 2 aromatic heterocycles. The Morgan fingerprint density at radius 1 is 1.17 bits per heavy atom. The first-order valence-electron chi connectivity index (χ1n) is 11.2. The molecule has 0 spiro atoms. The number of carbonyl (C=O) groups excluding carboxylic acids is 1. The zero-order chi connectivity index (χ0) is 24.9. The summed E-state index contributed by atoms with van der Waals surface area (Å²) in [4.78, 5) is 26.3. The van der Waals surface area contributed by atoms with E-state index in [1.165, 1.54) is 10.6 Å². The summed E-state index contributed by atoms with van der Waals surface area (Å²) in [6.07, 6.45) is 1.41. The van der Waals surface area contributed by atoms with Gasteiger partial charge in [0.2, 0.25) is 5.91 Å². The average molecular weight is 513 g/mol. The number of anilines is 1. The Bertz CT molecular complexity index is 1550. The van der Waals surface area contributed by atoms with E-state index in [0.29, 0.717) is 28.4 Å². The Hall–Kier alpha value is -3.21. The molecule has 1 aliphatic rings. The predicted octanol–water partition coefficient (Wildman–Crippen LogP) is 3.40. The van der Waals surface area contributed by atoms with Crippen molar-refractivity contribution in [3.8, 4) is 0 Å². The zero-order valence-corrected chi connectivity index (χ0v) is 20.8. The maximum Gasteiger partial charge on any atom is 0.259 e. The number of halogens is 1. The smallest absolute Gasteiger partial charge is 0.259 e. The molecule has 2 aromatic carbocycles. The maximum atomic E-state index is 13.5. The molecule has 3 heterocycles. The second-order valence-electron chi connectivity index (χ2n) is 9.11. The third-order valence-corrected chi connectivity index (χ3v) is 8.42. The average Bonchev–Trinajstić information content (AvgIpc) is 3.24. The molecular formula is C24H25ClN6O3S. The van der Waals surface area contributed by atoms with Gasteiger partial charge in [-0.1, -0.05) is 37.6 Å². The third-order valence-electron chi connectivity index (χ3n) is 6.45. The summed E-state index contributed by atoms with van der Waals surface area (Å²) in [6.45, 7) is 4.29. The number of piperazine rings is 1. The lowest BCUT2D eigenvalue weighted by Crippen LogP contribution is -2.59.